The highest BCUT2D eigenvalue weighted by Crippen LogP contribution is 2.19. The number of likely N-dealkylation sites (tertiary alicyclic amines) is 1. The summed E-state index contributed by atoms with van der Waals surface area (Å²) in [6, 6.07) is 7.66. The van der Waals surface area contributed by atoms with Crippen LogP contribution in [0.25, 0.3) is 0 Å². The van der Waals surface area contributed by atoms with Gasteiger partial charge in [0.25, 0.3) is 5.91 Å². The van der Waals surface area contributed by atoms with Gasteiger partial charge in [0, 0.05) is 56.6 Å². The fourth-order valence-electron chi connectivity index (χ4n) is 3.86. The second kappa shape index (κ2) is 8.71. The van der Waals surface area contributed by atoms with Crippen LogP contribution in [-0.2, 0) is 4.79 Å². The third-order valence-electron chi connectivity index (χ3n) is 5.54. The molecule has 27 heavy (non-hydrogen) atoms. The van der Waals surface area contributed by atoms with Crippen LogP contribution in [-0.4, -0.2) is 87.1 Å². The smallest absolute Gasteiger partial charge is 0.251 e. The van der Waals surface area contributed by atoms with Crippen LogP contribution in [0, 0.1) is 0 Å². The van der Waals surface area contributed by atoms with E-state index in [1.54, 1.807) is 0 Å². The Balaban J connectivity index is 1.55. The largest absolute Gasteiger partial charge is 0.369 e. The standard InChI is InChI=1S/C20H31N5O2/c1-4-21-20(27)18-13-16(14-24(18)3)22-19(26)15-5-7-17(8-6-15)25-11-9-23(2)10-12-25/h5-8,16,18H,4,9-14H2,1-3H3,(H,21,27)(H,22,26)/t16-,18-/m0/s1. The molecule has 2 aliphatic heterocycles. The highest BCUT2D eigenvalue weighted by molar-refractivity contribution is 5.95. The summed E-state index contributed by atoms with van der Waals surface area (Å²) in [4.78, 5) is 31.4. The Morgan fingerprint density at radius 2 is 1.74 bits per heavy atom. The van der Waals surface area contributed by atoms with E-state index in [4.69, 9.17) is 0 Å². The van der Waals surface area contributed by atoms with Crippen molar-refractivity contribution < 1.29 is 9.59 Å². The van der Waals surface area contributed by atoms with Crippen molar-refractivity contribution in [1.29, 1.82) is 0 Å². The van der Waals surface area contributed by atoms with Crippen LogP contribution in [0.5, 0.6) is 0 Å². The molecular formula is C20H31N5O2. The van der Waals surface area contributed by atoms with Gasteiger partial charge in [-0.1, -0.05) is 0 Å². The van der Waals surface area contributed by atoms with Crippen LogP contribution in [0.1, 0.15) is 23.7 Å². The molecule has 7 nitrogen and oxygen atoms in total. The van der Waals surface area contributed by atoms with Crippen molar-refractivity contribution in [2.45, 2.75) is 25.4 Å². The molecule has 2 amide bonds. The molecule has 2 saturated heterocycles. The van der Waals surface area contributed by atoms with Crippen molar-refractivity contribution in [3.8, 4) is 0 Å². The summed E-state index contributed by atoms with van der Waals surface area (Å²) >= 11 is 0. The third kappa shape index (κ3) is 4.78. The minimum Gasteiger partial charge on any atom is -0.369 e. The summed E-state index contributed by atoms with van der Waals surface area (Å²) in [7, 11) is 4.07. The van der Waals surface area contributed by atoms with E-state index in [0.717, 1.165) is 31.9 Å². The number of amides is 2. The van der Waals surface area contributed by atoms with Crippen LogP contribution < -0.4 is 15.5 Å². The second-order valence-electron chi connectivity index (χ2n) is 7.59. The number of carbonyl (C=O) groups excluding carboxylic acids is 2. The number of hydrogen-bond donors (Lipinski definition) is 2. The van der Waals surface area contributed by atoms with Crippen LogP contribution in [0.3, 0.4) is 0 Å². The molecule has 2 N–H and O–H groups in total. The van der Waals surface area contributed by atoms with E-state index in [-0.39, 0.29) is 23.9 Å². The monoisotopic (exact) mass is 373 g/mol. The van der Waals surface area contributed by atoms with E-state index in [0.29, 0.717) is 25.1 Å². The quantitative estimate of drug-likeness (QED) is 0.781. The van der Waals surface area contributed by atoms with E-state index in [2.05, 4.69) is 27.5 Å². The maximum Gasteiger partial charge on any atom is 0.251 e. The molecule has 2 aliphatic rings. The van der Waals surface area contributed by atoms with E-state index in [1.165, 1.54) is 0 Å². The number of nitrogens with zero attached hydrogens (tertiary/aromatic N) is 3. The average Bonchev–Trinajstić information content (AvgIpc) is 3.03. The molecule has 0 aliphatic carbocycles. The predicted octanol–water partition coefficient (Wildman–Crippen LogP) is 0.377. The van der Waals surface area contributed by atoms with Gasteiger partial charge in [-0.05, 0) is 51.7 Å². The number of piperazine rings is 1. The Bertz CT molecular complexity index is 655. The first-order chi connectivity index (χ1) is 13.0. The number of nitrogens with one attached hydrogen (secondary N) is 2. The van der Waals surface area contributed by atoms with Gasteiger partial charge in [-0.3, -0.25) is 14.5 Å². The fourth-order valence-corrected chi connectivity index (χ4v) is 3.86. The van der Waals surface area contributed by atoms with Crippen molar-refractivity contribution in [2.75, 3.05) is 58.3 Å². The van der Waals surface area contributed by atoms with Crippen LogP contribution in [0.15, 0.2) is 24.3 Å². The topological polar surface area (TPSA) is 67.9 Å². The van der Waals surface area contributed by atoms with Gasteiger partial charge in [-0.2, -0.15) is 0 Å². The second-order valence-corrected chi connectivity index (χ2v) is 7.59. The zero-order chi connectivity index (χ0) is 19.4. The zero-order valence-electron chi connectivity index (χ0n) is 16.6. The maximum absolute atomic E-state index is 12.6. The molecule has 0 bridgehead atoms. The number of rotatable bonds is 5. The van der Waals surface area contributed by atoms with Gasteiger partial charge in [0.05, 0.1) is 6.04 Å². The number of anilines is 1. The summed E-state index contributed by atoms with van der Waals surface area (Å²) in [6.45, 7) is 7.37. The minimum atomic E-state index is -0.171. The zero-order valence-corrected chi connectivity index (χ0v) is 16.6. The molecular weight excluding hydrogens is 342 g/mol. The minimum absolute atomic E-state index is 0.00702. The van der Waals surface area contributed by atoms with Gasteiger partial charge in [0.2, 0.25) is 5.91 Å². The molecule has 0 unspecified atom stereocenters. The number of likely N-dealkylation sites (N-methyl/N-ethyl adjacent to an activating group) is 3. The third-order valence-corrected chi connectivity index (χ3v) is 5.54. The number of carbonyl (C=O) groups is 2. The molecule has 148 valence electrons. The number of hydrogen-bond acceptors (Lipinski definition) is 5. The van der Waals surface area contributed by atoms with E-state index < -0.39 is 0 Å². The first-order valence-electron chi connectivity index (χ1n) is 9.80. The summed E-state index contributed by atoms with van der Waals surface area (Å²) in [5, 5.41) is 5.94. The van der Waals surface area contributed by atoms with Crippen molar-refractivity contribution in [3.63, 3.8) is 0 Å². The lowest BCUT2D eigenvalue weighted by Crippen LogP contribution is -2.44. The first kappa shape index (κ1) is 19.6. The lowest BCUT2D eigenvalue weighted by Gasteiger charge is -2.34. The van der Waals surface area contributed by atoms with Crippen LogP contribution >= 0.6 is 0 Å². The molecule has 0 saturated carbocycles. The van der Waals surface area contributed by atoms with Gasteiger partial charge in [0.15, 0.2) is 0 Å². The normalized spacial score (nSPS) is 24.0. The lowest BCUT2D eigenvalue weighted by atomic mass is 10.1. The predicted molar refractivity (Wildman–Crippen MR) is 107 cm³/mol. The fraction of sp³-hybridized carbons (Fsp3) is 0.600. The molecule has 2 heterocycles. The van der Waals surface area contributed by atoms with Crippen LogP contribution in [0.4, 0.5) is 5.69 Å². The first-order valence-corrected chi connectivity index (χ1v) is 9.80. The van der Waals surface area contributed by atoms with Crippen molar-refractivity contribution in [2.24, 2.45) is 0 Å². The summed E-state index contributed by atoms with van der Waals surface area (Å²) in [6.07, 6.45) is 0.646. The molecule has 2 fully saturated rings. The van der Waals surface area contributed by atoms with Crippen molar-refractivity contribution in [3.05, 3.63) is 29.8 Å². The molecule has 1 aromatic rings. The lowest BCUT2D eigenvalue weighted by molar-refractivity contribution is -0.124. The summed E-state index contributed by atoms with van der Waals surface area (Å²) < 4.78 is 0. The molecule has 2 atom stereocenters. The van der Waals surface area contributed by atoms with Crippen LogP contribution in [0.2, 0.25) is 0 Å². The van der Waals surface area contributed by atoms with Gasteiger partial charge in [-0.15, -0.1) is 0 Å². The van der Waals surface area contributed by atoms with Gasteiger partial charge >= 0.3 is 0 Å². The molecule has 7 heteroatoms. The molecule has 0 spiro atoms. The Morgan fingerprint density at radius 1 is 1.07 bits per heavy atom. The highest BCUT2D eigenvalue weighted by atomic mass is 16.2. The SMILES string of the molecule is CCNC(=O)[C@@H]1C[C@H](NC(=O)c2ccc(N3CCN(C)CC3)cc2)CN1C. The molecule has 0 radical (unpaired) electrons. The average molecular weight is 374 g/mol. The van der Waals surface area contributed by atoms with Gasteiger partial charge < -0.3 is 20.4 Å². The van der Waals surface area contributed by atoms with Crippen molar-refractivity contribution >= 4 is 17.5 Å². The maximum atomic E-state index is 12.6. The van der Waals surface area contributed by atoms with Crippen molar-refractivity contribution in [1.82, 2.24) is 20.4 Å². The molecule has 1 aromatic carbocycles. The van der Waals surface area contributed by atoms with Gasteiger partial charge in [-0.25, -0.2) is 0 Å². The Morgan fingerprint density at radius 3 is 2.37 bits per heavy atom. The highest BCUT2D eigenvalue weighted by Gasteiger charge is 2.35. The molecule has 3 rings (SSSR count). The van der Waals surface area contributed by atoms with E-state index >= 15 is 0 Å². The van der Waals surface area contributed by atoms with E-state index in [1.807, 2.05) is 43.1 Å². The van der Waals surface area contributed by atoms with Gasteiger partial charge in [0.1, 0.15) is 0 Å². The molecule has 0 aromatic heterocycles. The van der Waals surface area contributed by atoms with E-state index in [9.17, 15) is 9.59 Å². The number of benzene rings is 1. The summed E-state index contributed by atoms with van der Waals surface area (Å²) in [5.74, 6) is -0.0387. The Hall–Kier alpha value is -2.12. The Kier molecular flexibility index (Phi) is 6.34. The summed E-state index contributed by atoms with van der Waals surface area (Å²) in [5.41, 5.74) is 1.83. The Labute approximate surface area is 161 Å².